The number of nitrogens with zero attached hydrogens (tertiary/aromatic N) is 2. The van der Waals surface area contributed by atoms with Crippen LogP contribution in [0.2, 0.25) is 0 Å². The first kappa shape index (κ1) is 12.0. The molecule has 1 aromatic rings. The number of amides is 1. The largest absolute Gasteiger partial charge is 0.334 e. The van der Waals surface area contributed by atoms with Crippen LogP contribution < -0.4 is 5.32 Å². The molecule has 2 atom stereocenters. The Morgan fingerprint density at radius 2 is 1.94 bits per heavy atom. The summed E-state index contributed by atoms with van der Waals surface area (Å²) in [6, 6.07) is 4.34. The van der Waals surface area contributed by atoms with E-state index in [1.54, 1.807) is 12.4 Å². The highest BCUT2D eigenvalue weighted by molar-refractivity contribution is 5.79. The molecular formula is C13H19N3O. The van der Waals surface area contributed by atoms with Crippen LogP contribution in [-0.4, -0.2) is 41.0 Å². The van der Waals surface area contributed by atoms with Gasteiger partial charge in [-0.2, -0.15) is 0 Å². The van der Waals surface area contributed by atoms with Gasteiger partial charge in [0.1, 0.15) is 0 Å². The molecule has 2 heterocycles. The molecule has 1 amide bonds. The molecule has 17 heavy (non-hydrogen) atoms. The standard InChI is InChI=1S/C13H19N3O/c1-10-8-15-9-11(2)16(10)13(17)7-12-3-5-14-6-4-12/h3-6,10-11,15H,7-9H2,1-2H3. The number of piperazine rings is 1. The van der Waals surface area contributed by atoms with Crippen molar-refractivity contribution in [2.75, 3.05) is 13.1 Å². The molecule has 1 saturated heterocycles. The topological polar surface area (TPSA) is 45.2 Å². The van der Waals surface area contributed by atoms with E-state index in [1.165, 1.54) is 0 Å². The molecule has 4 nitrogen and oxygen atoms in total. The second kappa shape index (κ2) is 5.27. The molecule has 0 bridgehead atoms. The predicted octanol–water partition coefficient (Wildman–Crippen LogP) is 0.833. The number of nitrogens with one attached hydrogen (secondary N) is 1. The summed E-state index contributed by atoms with van der Waals surface area (Å²) in [5, 5.41) is 3.33. The second-order valence-electron chi connectivity index (χ2n) is 4.69. The summed E-state index contributed by atoms with van der Waals surface area (Å²) in [7, 11) is 0. The molecular weight excluding hydrogens is 214 g/mol. The first-order valence-corrected chi connectivity index (χ1v) is 6.09. The Bertz CT molecular complexity index is 370. The van der Waals surface area contributed by atoms with Gasteiger partial charge >= 0.3 is 0 Å². The molecule has 1 aliphatic heterocycles. The quantitative estimate of drug-likeness (QED) is 0.823. The van der Waals surface area contributed by atoms with Gasteiger partial charge in [0.05, 0.1) is 6.42 Å². The molecule has 2 rings (SSSR count). The SMILES string of the molecule is CC1CNCC(C)N1C(=O)Cc1ccncc1. The van der Waals surface area contributed by atoms with Crippen molar-refractivity contribution in [3.8, 4) is 0 Å². The summed E-state index contributed by atoms with van der Waals surface area (Å²) in [6.07, 6.45) is 3.93. The van der Waals surface area contributed by atoms with Crippen molar-refractivity contribution in [1.29, 1.82) is 0 Å². The van der Waals surface area contributed by atoms with Gasteiger partial charge in [-0.1, -0.05) is 0 Å². The fourth-order valence-electron chi connectivity index (χ4n) is 2.39. The van der Waals surface area contributed by atoms with Gasteiger partial charge < -0.3 is 10.2 Å². The maximum absolute atomic E-state index is 12.3. The third kappa shape index (κ3) is 2.82. The van der Waals surface area contributed by atoms with Gasteiger partial charge in [0.15, 0.2) is 0 Å². The van der Waals surface area contributed by atoms with Gasteiger partial charge in [-0.25, -0.2) is 0 Å². The number of aromatic nitrogens is 1. The first-order chi connectivity index (χ1) is 8.18. The summed E-state index contributed by atoms with van der Waals surface area (Å²) in [6.45, 7) is 5.94. The van der Waals surface area contributed by atoms with E-state index in [1.807, 2.05) is 17.0 Å². The van der Waals surface area contributed by atoms with Crippen molar-refractivity contribution in [2.24, 2.45) is 0 Å². The Morgan fingerprint density at radius 1 is 1.35 bits per heavy atom. The lowest BCUT2D eigenvalue weighted by molar-refractivity contribution is -0.135. The molecule has 1 fully saturated rings. The highest BCUT2D eigenvalue weighted by Crippen LogP contribution is 2.12. The van der Waals surface area contributed by atoms with E-state index in [-0.39, 0.29) is 18.0 Å². The summed E-state index contributed by atoms with van der Waals surface area (Å²) >= 11 is 0. The predicted molar refractivity (Wildman–Crippen MR) is 66.6 cm³/mol. The van der Waals surface area contributed by atoms with Crippen molar-refractivity contribution in [3.05, 3.63) is 30.1 Å². The highest BCUT2D eigenvalue weighted by atomic mass is 16.2. The Kier molecular flexibility index (Phi) is 3.74. The third-order valence-corrected chi connectivity index (χ3v) is 3.22. The Hall–Kier alpha value is -1.42. The minimum absolute atomic E-state index is 0.206. The van der Waals surface area contributed by atoms with Crippen LogP contribution in [0.4, 0.5) is 0 Å². The summed E-state index contributed by atoms with van der Waals surface area (Å²) in [5.74, 6) is 0.206. The van der Waals surface area contributed by atoms with Crippen molar-refractivity contribution in [1.82, 2.24) is 15.2 Å². The van der Waals surface area contributed by atoms with E-state index >= 15 is 0 Å². The molecule has 0 spiro atoms. The maximum Gasteiger partial charge on any atom is 0.227 e. The van der Waals surface area contributed by atoms with Crippen LogP contribution in [-0.2, 0) is 11.2 Å². The van der Waals surface area contributed by atoms with Crippen LogP contribution >= 0.6 is 0 Å². The van der Waals surface area contributed by atoms with Crippen molar-refractivity contribution in [2.45, 2.75) is 32.4 Å². The van der Waals surface area contributed by atoms with Crippen LogP contribution in [0.25, 0.3) is 0 Å². The van der Waals surface area contributed by atoms with Gasteiger partial charge in [0.2, 0.25) is 5.91 Å². The second-order valence-corrected chi connectivity index (χ2v) is 4.69. The molecule has 0 aromatic carbocycles. The zero-order valence-electron chi connectivity index (χ0n) is 10.4. The number of pyridine rings is 1. The molecule has 92 valence electrons. The number of hydrogen-bond donors (Lipinski definition) is 1. The van der Waals surface area contributed by atoms with Gasteiger partial charge in [-0.3, -0.25) is 9.78 Å². The summed E-state index contributed by atoms with van der Waals surface area (Å²) < 4.78 is 0. The minimum Gasteiger partial charge on any atom is -0.334 e. The molecule has 1 N–H and O–H groups in total. The normalized spacial score (nSPS) is 24.7. The van der Waals surface area contributed by atoms with Crippen molar-refractivity contribution in [3.63, 3.8) is 0 Å². The zero-order valence-corrected chi connectivity index (χ0v) is 10.4. The fraction of sp³-hybridized carbons (Fsp3) is 0.538. The minimum atomic E-state index is 0.206. The molecule has 1 aliphatic rings. The number of hydrogen-bond acceptors (Lipinski definition) is 3. The van der Waals surface area contributed by atoms with Crippen LogP contribution in [0.15, 0.2) is 24.5 Å². The molecule has 1 aromatic heterocycles. The molecule has 0 saturated carbocycles. The van der Waals surface area contributed by atoms with Crippen LogP contribution in [0, 0.1) is 0 Å². The van der Waals surface area contributed by atoms with Gasteiger partial charge in [-0.15, -0.1) is 0 Å². The molecule has 0 radical (unpaired) electrons. The number of carbonyl (C=O) groups is 1. The monoisotopic (exact) mass is 233 g/mol. The van der Waals surface area contributed by atoms with E-state index in [2.05, 4.69) is 24.1 Å². The Labute approximate surface area is 102 Å². The van der Waals surface area contributed by atoms with E-state index in [4.69, 9.17) is 0 Å². The number of carbonyl (C=O) groups excluding carboxylic acids is 1. The van der Waals surface area contributed by atoms with Crippen LogP contribution in [0.3, 0.4) is 0 Å². The van der Waals surface area contributed by atoms with E-state index in [0.29, 0.717) is 6.42 Å². The van der Waals surface area contributed by atoms with Gasteiger partial charge in [-0.05, 0) is 31.5 Å². The van der Waals surface area contributed by atoms with Gasteiger partial charge in [0.25, 0.3) is 0 Å². The number of rotatable bonds is 2. The molecule has 0 aliphatic carbocycles. The smallest absolute Gasteiger partial charge is 0.227 e. The van der Waals surface area contributed by atoms with Crippen LogP contribution in [0.5, 0.6) is 0 Å². The van der Waals surface area contributed by atoms with Crippen LogP contribution in [0.1, 0.15) is 19.4 Å². The lowest BCUT2D eigenvalue weighted by atomic mass is 10.1. The summed E-state index contributed by atoms with van der Waals surface area (Å²) in [4.78, 5) is 18.2. The average molecular weight is 233 g/mol. The fourth-order valence-corrected chi connectivity index (χ4v) is 2.39. The highest BCUT2D eigenvalue weighted by Gasteiger charge is 2.28. The summed E-state index contributed by atoms with van der Waals surface area (Å²) in [5.41, 5.74) is 1.03. The third-order valence-electron chi connectivity index (χ3n) is 3.22. The van der Waals surface area contributed by atoms with Gasteiger partial charge in [0, 0.05) is 37.6 Å². The zero-order chi connectivity index (χ0) is 12.3. The van der Waals surface area contributed by atoms with Crippen molar-refractivity contribution < 1.29 is 4.79 Å². The van der Waals surface area contributed by atoms with E-state index < -0.39 is 0 Å². The Balaban J connectivity index is 2.04. The molecule has 2 unspecified atom stereocenters. The maximum atomic E-state index is 12.3. The Morgan fingerprint density at radius 3 is 2.53 bits per heavy atom. The first-order valence-electron chi connectivity index (χ1n) is 6.09. The van der Waals surface area contributed by atoms with Crippen molar-refractivity contribution >= 4 is 5.91 Å². The lowest BCUT2D eigenvalue weighted by Crippen LogP contribution is -2.57. The van der Waals surface area contributed by atoms with E-state index in [0.717, 1.165) is 18.7 Å². The average Bonchev–Trinajstić information content (AvgIpc) is 2.30. The van der Waals surface area contributed by atoms with E-state index in [9.17, 15) is 4.79 Å². The lowest BCUT2D eigenvalue weighted by Gasteiger charge is -2.39. The molecule has 4 heteroatoms.